The van der Waals surface area contributed by atoms with Crippen molar-refractivity contribution in [3.63, 3.8) is 0 Å². The molecular weight excluding hydrogens is 366 g/mol. The van der Waals surface area contributed by atoms with Crippen LogP contribution in [0.1, 0.15) is 45.2 Å². The third kappa shape index (κ3) is 5.48. The molecule has 0 atom stereocenters. The van der Waals surface area contributed by atoms with Crippen LogP contribution in [0.15, 0.2) is 47.4 Å². The van der Waals surface area contributed by atoms with Gasteiger partial charge < -0.3 is 4.74 Å². The summed E-state index contributed by atoms with van der Waals surface area (Å²) in [5.74, 6) is -1.06. The van der Waals surface area contributed by atoms with Gasteiger partial charge in [0.25, 0.3) is 0 Å². The Morgan fingerprint density at radius 1 is 1.07 bits per heavy atom. The standard InChI is InChI=1S/C20H23NO5S/c1-4-10-21-27(24,25)17-7-5-6-16(12-17)20(23)26-13-19(22)18-11-14(2)8-9-15(18)3/h5-9,11-12,21H,4,10,13H2,1-3H3. The first-order valence-corrected chi connectivity index (χ1v) is 10.1. The number of ketones is 1. The molecule has 0 heterocycles. The Balaban J connectivity index is 2.09. The lowest BCUT2D eigenvalue weighted by atomic mass is 10.0. The molecule has 2 aromatic carbocycles. The van der Waals surface area contributed by atoms with E-state index in [1.165, 1.54) is 24.3 Å². The number of benzene rings is 2. The lowest BCUT2D eigenvalue weighted by Crippen LogP contribution is -2.24. The van der Waals surface area contributed by atoms with Crippen LogP contribution in [0.5, 0.6) is 0 Å². The molecule has 0 radical (unpaired) electrons. The van der Waals surface area contributed by atoms with E-state index in [9.17, 15) is 18.0 Å². The van der Waals surface area contributed by atoms with Crippen molar-refractivity contribution in [3.8, 4) is 0 Å². The van der Waals surface area contributed by atoms with Crippen LogP contribution in [0, 0.1) is 13.8 Å². The van der Waals surface area contributed by atoms with Crippen molar-refractivity contribution in [2.24, 2.45) is 0 Å². The second-order valence-corrected chi connectivity index (χ2v) is 8.01. The maximum Gasteiger partial charge on any atom is 0.338 e. The van der Waals surface area contributed by atoms with Crippen LogP contribution in [-0.2, 0) is 14.8 Å². The van der Waals surface area contributed by atoms with Crippen LogP contribution >= 0.6 is 0 Å². The summed E-state index contributed by atoms with van der Waals surface area (Å²) in [6.45, 7) is 5.44. The average molecular weight is 389 g/mol. The molecule has 0 saturated heterocycles. The summed E-state index contributed by atoms with van der Waals surface area (Å²) in [5, 5.41) is 0. The van der Waals surface area contributed by atoms with Crippen molar-refractivity contribution in [3.05, 3.63) is 64.7 Å². The summed E-state index contributed by atoms with van der Waals surface area (Å²) in [7, 11) is -3.69. The van der Waals surface area contributed by atoms with Gasteiger partial charge in [0.1, 0.15) is 0 Å². The molecule has 0 aliphatic rings. The van der Waals surface area contributed by atoms with E-state index in [1.807, 2.05) is 32.9 Å². The summed E-state index contributed by atoms with van der Waals surface area (Å²) in [4.78, 5) is 24.5. The topological polar surface area (TPSA) is 89.5 Å². The third-order valence-electron chi connectivity index (χ3n) is 3.95. The van der Waals surface area contributed by atoms with Gasteiger partial charge >= 0.3 is 5.97 Å². The number of carbonyl (C=O) groups is 2. The maximum absolute atomic E-state index is 12.3. The van der Waals surface area contributed by atoms with Crippen molar-refractivity contribution in [2.75, 3.05) is 13.2 Å². The quantitative estimate of drug-likeness (QED) is 0.554. The molecule has 0 aliphatic heterocycles. The molecular formula is C20H23NO5S. The molecule has 0 spiro atoms. The maximum atomic E-state index is 12.3. The first kappa shape index (κ1) is 20.8. The van der Waals surface area contributed by atoms with Crippen molar-refractivity contribution in [2.45, 2.75) is 32.1 Å². The highest BCUT2D eigenvalue weighted by Gasteiger charge is 2.18. The Kier molecular flexibility index (Phi) is 6.87. The molecule has 2 rings (SSSR count). The van der Waals surface area contributed by atoms with E-state index in [0.29, 0.717) is 18.5 Å². The smallest absolute Gasteiger partial charge is 0.338 e. The number of nitrogens with one attached hydrogen (secondary N) is 1. The molecule has 0 bridgehead atoms. The second-order valence-electron chi connectivity index (χ2n) is 6.24. The Morgan fingerprint density at radius 2 is 1.81 bits per heavy atom. The van der Waals surface area contributed by atoms with Gasteiger partial charge in [-0.05, 0) is 50.1 Å². The van der Waals surface area contributed by atoms with Gasteiger partial charge in [0.2, 0.25) is 15.8 Å². The zero-order valence-electron chi connectivity index (χ0n) is 15.6. The van der Waals surface area contributed by atoms with Crippen molar-refractivity contribution >= 4 is 21.8 Å². The molecule has 0 fully saturated rings. The SMILES string of the molecule is CCCNS(=O)(=O)c1cccc(C(=O)OCC(=O)c2cc(C)ccc2C)c1. The largest absolute Gasteiger partial charge is 0.454 e. The van der Waals surface area contributed by atoms with E-state index in [0.717, 1.165) is 11.1 Å². The molecule has 144 valence electrons. The van der Waals surface area contributed by atoms with Crippen LogP contribution in [0.2, 0.25) is 0 Å². The number of Topliss-reactive ketones (excluding diaryl/α,β-unsaturated/α-hetero) is 1. The van der Waals surface area contributed by atoms with Gasteiger partial charge in [-0.15, -0.1) is 0 Å². The molecule has 27 heavy (non-hydrogen) atoms. The van der Waals surface area contributed by atoms with Gasteiger partial charge in [0.15, 0.2) is 6.61 Å². The molecule has 0 saturated carbocycles. The summed E-state index contributed by atoms with van der Waals surface area (Å²) in [5.41, 5.74) is 2.32. The van der Waals surface area contributed by atoms with Gasteiger partial charge in [0.05, 0.1) is 10.5 Å². The van der Waals surface area contributed by atoms with Crippen LogP contribution < -0.4 is 4.72 Å². The molecule has 0 aromatic heterocycles. The highest BCUT2D eigenvalue weighted by molar-refractivity contribution is 7.89. The summed E-state index contributed by atoms with van der Waals surface area (Å²) < 4.78 is 31.9. The minimum absolute atomic E-state index is 0.0220. The molecule has 0 amide bonds. The normalized spacial score (nSPS) is 11.2. The number of rotatable bonds is 8. The van der Waals surface area contributed by atoms with E-state index >= 15 is 0 Å². The summed E-state index contributed by atoms with van der Waals surface area (Å²) in [6.07, 6.45) is 0.654. The van der Waals surface area contributed by atoms with E-state index in [-0.39, 0.29) is 16.2 Å². The zero-order chi connectivity index (χ0) is 20.0. The molecule has 6 nitrogen and oxygen atoms in total. The Morgan fingerprint density at radius 3 is 2.52 bits per heavy atom. The molecule has 7 heteroatoms. The number of hydrogen-bond donors (Lipinski definition) is 1. The highest BCUT2D eigenvalue weighted by atomic mass is 32.2. The van der Waals surface area contributed by atoms with Gasteiger partial charge in [0, 0.05) is 12.1 Å². The highest BCUT2D eigenvalue weighted by Crippen LogP contribution is 2.14. The van der Waals surface area contributed by atoms with Crippen LogP contribution in [-0.4, -0.2) is 33.3 Å². The van der Waals surface area contributed by atoms with E-state index in [1.54, 1.807) is 6.07 Å². The van der Waals surface area contributed by atoms with Crippen molar-refractivity contribution < 1.29 is 22.7 Å². The Bertz CT molecular complexity index is 951. The van der Waals surface area contributed by atoms with Crippen LogP contribution in [0.25, 0.3) is 0 Å². The number of hydrogen-bond acceptors (Lipinski definition) is 5. The summed E-state index contributed by atoms with van der Waals surface area (Å²) in [6, 6.07) is 11.0. The van der Waals surface area contributed by atoms with E-state index in [4.69, 9.17) is 4.74 Å². The predicted octanol–water partition coefficient (Wildman–Crippen LogP) is 3.03. The number of ether oxygens (including phenoxy) is 1. The molecule has 0 aliphatic carbocycles. The monoisotopic (exact) mass is 389 g/mol. The van der Waals surface area contributed by atoms with Crippen LogP contribution in [0.4, 0.5) is 0 Å². The van der Waals surface area contributed by atoms with Gasteiger partial charge in [-0.2, -0.15) is 0 Å². The number of aryl methyl sites for hydroxylation is 2. The lowest BCUT2D eigenvalue weighted by molar-refractivity contribution is 0.0474. The van der Waals surface area contributed by atoms with Gasteiger partial charge in [-0.1, -0.05) is 30.7 Å². The fourth-order valence-corrected chi connectivity index (χ4v) is 3.62. The minimum Gasteiger partial charge on any atom is -0.454 e. The van der Waals surface area contributed by atoms with Crippen LogP contribution in [0.3, 0.4) is 0 Å². The Hall–Kier alpha value is -2.51. The van der Waals surface area contributed by atoms with E-state index < -0.39 is 22.6 Å². The second kappa shape index (κ2) is 8.92. The van der Waals surface area contributed by atoms with Gasteiger partial charge in [-0.25, -0.2) is 17.9 Å². The third-order valence-corrected chi connectivity index (χ3v) is 5.41. The number of esters is 1. The molecule has 2 aromatic rings. The molecule has 0 unspecified atom stereocenters. The number of carbonyl (C=O) groups excluding carboxylic acids is 2. The summed E-state index contributed by atoms with van der Waals surface area (Å²) >= 11 is 0. The zero-order valence-corrected chi connectivity index (χ0v) is 16.4. The number of sulfonamides is 1. The minimum atomic E-state index is -3.69. The predicted molar refractivity (Wildman–Crippen MR) is 102 cm³/mol. The fourth-order valence-electron chi connectivity index (χ4n) is 2.44. The first-order chi connectivity index (χ1) is 12.7. The first-order valence-electron chi connectivity index (χ1n) is 8.62. The average Bonchev–Trinajstić information content (AvgIpc) is 2.66. The van der Waals surface area contributed by atoms with Gasteiger partial charge in [-0.3, -0.25) is 4.79 Å². The molecule has 1 N–H and O–H groups in total. The van der Waals surface area contributed by atoms with Crippen molar-refractivity contribution in [1.82, 2.24) is 4.72 Å². The van der Waals surface area contributed by atoms with E-state index in [2.05, 4.69) is 4.72 Å². The Labute approximate surface area is 159 Å². The fraction of sp³-hybridized carbons (Fsp3) is 0.300. The lowest BCUT2D eigenvalue weighted by Gasteiger charge is -2.09. The van der Waals surface area contributed by atoms with Crippen molar-refractivity contribution in [1.29, 1.82) is 0 Å².